The molecule has 0 unspecified atom stereocenters. The molecule has 2 rings (SSSR count). The van der Waals surface area contributed by atoms with Crippen molar-refractivity contribution in [2.75, 3.05) is 0 Å². The number of rotatable bonds is 4. The van der Waals surface area contributed by atoms with Crippen LogP contribution in [0.15, 0.2) is 17.9 Å². The van der Waals surface area contributed by atoms with E-state index in [0.29, 0.717) is 11.6 Å². The number of imidazole rings is 1. The van der Waals surface area contributed by atoms with Crippen molar-refractivity contribution in [2.24, 2.45) is 0 Å². The second-order valence-corrected chi connectivity index (χ2v) is 4.92. The molecule has 1 N–H and O–H groups in total. The van der Waals surface area contributed by atoms with Gasteiger partial charge in [0, 0.05) is 17.5 Å². The highest BCUT2D eigenvalue weighted by Crippen LogP contribution is 2.19. The predicted octanol–water partition coefficient (Wildman–Crippen LogP) is 2.00. The van der Waals surface area contributed by atoms with E-state index in [2.05, 4.69) is 29.2 Å². The van der Waals surface area contributed by atoms with Gasteiger partial charge in [-0.25, -0.2) is 9.97 Å². The zero-order valence-corrected chi connectivity index (χ0v) is 10.2. The third kappa shape index (κ3) is 2.48. The van der Waals surface area contributed by atoms with E-state index in [1.807, 2.05) is 10.8 Å². The van der Waals surface area contributed by atoms with Gasteiger partial charge in [0.1, 0.15) is 0 Å². The molecule has 4 nitrogen and oxygen atoms in total. The molecule has 0 radical (unpaired) electrons. The minimum absolute atomic E-state index is 0.0126. The summed E-state index contributed by atoms with van der Waals surface area (Å²) in [5, 5.41) is 12.1. The minimum Gasteiger partial charge on any atom is -0.390 e. The number of aromatic nitrogens is 3. The topological polar surface area (TPSA) is 50.9 Å². The van der Waals surface area contributed by atoms with E-state index in [9.17, 15) is 0 Å². The summed E-state index contributed by atoms with van der Waals surface area (Å²) < 4.78 is 1.94. The van der Waals surface area contributed by atoms with Crippen LogP contribution in [0.4, 0.5) is 0 Å². The molecule has 0 saturated heterocycles. The molecule has 0 spiro atoms. The van der Waals surface area contributed by atoms with E-state index in [-0.39, 0.29) is 6.61 Å². The maximum Gasteiger partial charge on any atom is 0.0954 e. The van der Waals surface area contributed by atoms with E-state index >= 15 is 0 Å². The van der Waals surface area contributed by atoms with Gasteiger partial charge in [0.15, 0.2) is 0 Å². The van der Waals surface area contributed by atoms with Crippen LogP contribution < -0.4 is 0 Å². The summed E-state index contributed by atoms with van der Waals surface area (Å²) in [6.45, 7) is 4.99. The van der Waals surface area contributed by atoms with E-state index in [0.717, 1.165) is 17.2 Å². The van der Waals surface area contributed by atoms with Crippen molar-refractivity contribution >= 4 is 11.3 Å². The van der Waals surface area contributed by atoms with Gasteiger partial charge in [-0.15, -0.1) is 11.3 Å². The second-order valence-electron chi connectivity index (χ2n) is 4.03. The van der Waals surface area contributed by atoms with Gasteiger partial charge in [0.25, 0.3) is 0 Å². The Kier molecular flexibility index (Phi) is 3.36. The summed E-state index contributed by atoms with van der Waals surface area (Å²) in [6.07, 6.45) is 3.56. The molecule has 0 atom stereocenters. The van der Waals surface area contributed by atoms with Crippen LogP contribution in [0.25, 0.3) is 0 Å². The third-order valence-corrected chi connectivity index (χ3v) is 3.45. The molecule has 0 aliphatic heterocycles. The van der Waals surface area contributed by atoms with Crippen molar-refractivity contribution in [1.29, 1.82) is 0 Å². The highest BCUT2D eigenvalue weighted by molar-refractivity contribution is 7.09. The van der Waals surface area contributed by atoms with Gasteiger partial charge in [0.2, 0.25) is 0 Å². The second kappa shape index (κ2) is 4.76. The van der Waals surface area contributed by atoms with Crippen molar-refractivity contribution in [2.45, 2.75) is 32.9 Å². The number of aliphatic hydroxyl groups excluding tert-OH is 1. The zero-order chi connectivity index (χ0) is 11.5. The van der Waals surface area contributed by atoms with Crippen molar-refractivity contribution in [3.63, 3.8) is 0 Å². The van der Waals surface area contributed by atoms with Crippen molar-refractivity contribution in [3.8, 4) is 0 Å². The summed E-state index contributed by atoms with van der Waals surface area (Å²) >= 11 is 1.70. The fraction of sp³-hybridized carbons (Fsp3) is 0.455. The fourth-order valence-corrected chi connectivity index (χ4v) is 2.25. The monoisotopic (exact) mass is 237 g/mol. The number of thiazole rings is 1. The van der Waals surface area contributed by atoms with E-state index in [1.54, 1.807) is 17.7 Å². The molecule has 86 valence electrons. The summed E-state index contributed by atoms with van der Waals surface area (Å²) in [6, 6.07) is 0. The molecule has 5 heteroatoms. The summed E-state index contributed by atoms with van der Waals surface area (Å²) in [7, 11) is 0. The van der Waals surface area contributed by atoms with Crippen LogP contribution in [-0.2, 0) is 13.2 Å². The van der Waals surface area contributed by atoms with Crippen LogP contribution in [0.1, 0.15) is 36.2 Å². The van der Waals surface area contributed by atoms with E-state index < -0.39 is 0 Å². The minimum atomic E-state index is -0.0126. The largest absolute Gasteiger partial charge is 0.390 e. The average Bonchev–Trinajstić information content (AvgIpc) is 2.87. The summed E-state index contributed by atoms with van der Waals surface area (Å²) in [5.41, 5.74) is 1.75. The summed E-state index contributed by atoms with van der Waals surface area (Å²) in [4.78, 5) is 8.61. The van der Waals surface area contributed by atoms with Crippen molar-refractivity contribution in [1.82, 2.24) is 14.5 Å². The summed E-state index contributed by atoms with van der Waals surface area (Å²) in [5.74, 6) is 0.481. The molecule has 0 saturated carbocycles. The molecule has 0 aliphatic carbocycles. The number of hydrogen-bond acceptors (Lipinski definition) is 4. The van der Waals surface area contributed by atoms with Gasteiger partial charge in [-0.05, 0) is 0 Å². The first-order valence-corrected chi connectivity index (χ1v) is 6.13. The zero-order valence-electron chi connectivity index (χ0n) is 9.42. The van der Waals surface area contributed by atoms with E-state index in [4.69, 9.17) is 5.11 Å². The molecule has 0 amide bonds. The van der Waals surface area contributed by atoms with Crippen LogP contribution >= 0.6 is 11.3 Å². The highest BCUT2D eigenvalue weighted by atomic mass is 32.1. The quantitative estimate of drug-likeness (QED) is 0.885. The SMILES string of the molecule is CC(C)c1nc(Cn2cnc(CO)c2)cs1. The molecule has 0 aliphatic rings. The lowest BCUT2D eigenvalue weighted by Gasteiger charge is -1.98. The molecule has 0 fully saturated rings. The number of hydrogen-bond donors (Lipinski definition) is 1. The van der Waals surface area contributed by atoms with Crippen LogP contribution in [0.5, 0.6) is 0 Å². The Morgan fingerprint density at radius 2 is 2.25 bits per heavy atom. The Bertz CT molecular complexity index is 461. The van der Waals surface area contributed by atoms with Crippen molar-refractivity contribution < 1.29 is 5.11 Å². The molecule has 0 aromatic carbocycles. The molecule has 0 bridgehead atoms. The van der Waals surface area contributed by atoms with Crippen molar-refractivity contribution in [3.05, 3.63) is 34.3 Å². The lowest BCUT2D eigenvalue weighted by molar-refractivity contribution is 0.277. The normalized spacial score (nSPS) is 11.2. The Morgan fingerprint density at radius 1 is 1.44 bits per heavy atom. The van der Waals surface area contributed by atoms with Crippen LogP contribution in [-0.4, -0.2) is 19.6 Å². The maximum absolute atomic E-state index is 8.90. The van der Waals surface area contributed by atoms with Crippen LogP contribution in [0.3, 0.4) is 0 Å². The molecular weight excluding hydrogens is 222 g/mol. The standard InChI is InChI=1S/C11H15N3OS/c1-8(2)11-13-10(6-16-11)4-14-3-9(5-15)12-7-14/h3,6-8,15H,4-5H2,1-2H3. The highest BCUT2D eigenvalue weighted by Gasteiger charge is 2.06. The van der Waals surface area contributed by atoms with Gasteiger partial charge < -0.3 is 9.67 Å². The van der Waals surface area contributed by atoms with Crippen LogP contribution in [0, 0.1) is 0 Å². The molecule has 2 aromatic heterocycles. The predicted molar refractivity (Wildman–Crippen MR) is 63.5 cm³/mol. The number of aliphatic hydroxyl groups is 1. The van der Waals surface area contributed by atoms with Gasteiger partial charge >= 0.3 is 0 Å². The van der Waals surface area contributed by atoms with Gasteiger partial charge in [-0.2, -0.15) is 0 Å². The van der Waals surface area contributed by atoms with Gasteiger partial charge in [-0.1, -0.05) is 13.8 Å². The lowest BCUT2D eigenvalue weighted by Crippen LogP contribution is -1.97. The molecule has 16 heavy (non-hydrogen) atoms. The molecular formula is C11H15N3OS. The Hall–Kier alpha value is -1.20. The maximum atomic E-state index is 8.90. The fourth-order valence-electron chi connectivity index (χ4n) is 1.42. The lowest BCUT2D eigenvalue weighted by atomic mass is 10.2. The molecule has 2 aromatic rings. The number of nitrogens with zero attached hydrogens (tertiary/aromatic N) is 3. The first-order chi connectivity index (χ1) is 7.69. The Balaban J connectivity index is 2.08. The smallest absolute Gasteiger partial charge is 0.0954 e. The first-order valence-electron chi connectivity index (χ1n) is 5.25. The van der Waals surface area contributed by atoms with Gasteiger partial charge in [-0.3, -0.25) is 0 Å². The average molecular weight is 237 g/mol. The third-order valence-electron chi connectivity index (χ3n) is 2.26. The van der Waals surface area contributed by atoms with Crippen LogP contribution in [0.2, 0.25) is 0 Å². The molecule has 2 heterocycles. The van der Waals surface area contributed by atoms with Gasteiger partial charge in [0.05, 0.1) is 35.9 Å². The first kappa shape index (κ1) is 11.3. The van der Waals surface area contributed by atoms with E-state index in [1.165, 1.54) is 0 Å². The Morgan fingerprint density at radius 3 is 2.81 bits per heavy atom. The Labute approximate surface area is 98.6 Å².